The summed E-state index contributed by atoms with van der Waals surface area (Å²) in [6.45, 7) is 8.27. The van der Waals surface area contributed by atoms with Gasteiger partial charge in [-0.25, -0.2) is 8.93 Å². The molecule has 0 aliphatic rings. The number of rotatable bonds is 6. The van der Waals surface area contributed by atoms with Gasteiger partial charge in [-0.2, -0.15) is 5.26 Å². The molecular weight excluding hydrogens is 404 g/mol. The molecule has 0 aromatic heterocycles. The monoisotopic (exact) mass is 432 g/mol. The molecule has 2 atom stereocenters. The van der Waals surface area contributed by atoms with Gasteiger partial charge in [-0.05, 0) is 38.5 Å². The Morgan fingerprint density at radius 1 is 0.867 bits per heavy atom. The molecule has 0 saturated heterocycles. The van der Waals surface area contributed by atoms with E-state index in [4.69, 9.17) is 0 Å². The summed E-state index contributed by atoms with van der Waals surface area (Å²) in [7, 11) is -3.68. The van der Waals surface area contributed by atoms with Gasteiger partial charge >= 0.3 is 0 Å². The standard InChI is InChI=1S/C25H28N2OSSi/c1-25(2,3)29(28)27-24(21-17-15-20(19-26)16-18-21)30(4,22-11-7-5-8-12-22)23-13-9-6-10-14-23/h5-18,24,27H,1-4H3/t24?,29-/m1/s1. The molecule has 0 spiro atoms. The SMILES string of the molecule is CC(C)(C)[S@@](=O)NC(c1ccc(C#N)cc1)[Si](C)(c1ccccc1)c1ccccc1. The van der Waals surface area contributed by atoms with Gasteiger partial charge in [0.05, 0.1) is 27.4 Å². The van der Waals surface area contributed by atoms with Crippen LogP contribution in [-0.2, 0) is 11.0 Å². The van der Waals surface area contributed by atoms with Crippen molar-refractivity contribution in [2.75, 3.05) is 0 Å². The van der Waals surface area contributed by atoms with Crippen molar-refractivity contribution in [3.8, 4) is 6.07 Å². The van der Waals surface area contributed by atoms with Crippen LogP contribution in [0.15, 0.2) is 84.9 Å². The Hall–Kier alpha value is -2.52. The minimum Gasteiger partial charge on any atom is -0.242 e. The van der Waals surface area contributed by atoms with E-state index < -0.39 is 23.8 Å². The average molecular weight is 433 g/mol. The van der Waals surface area contributed by atoms with Gasteiger partial charge in [-0.1, -0.05) is 89.7 Å². The Bertz CT molecular complexity index is 999. The maximum Gasteiger partial charge on any atom is 0.138 e. The van der Waals surface area contributed by atoms with Crippen molar-refractivity contribution in [1.82, 2.24) is 4.72 Å². The van der Waals surface area contributed by atoms with E-state index in [-0.39, 0.29) is 5.67 Å². The largest absolute Gasteiger partial charge is 0.242 e. The fourth-order valence-electron chi connectivity index (χ4n) is 3.62. The molecule has 1 N–H and O–H groups in total. The summed E-state index contributed by atoms with van der Waals surface area (Å²) in [6.07, 6.45) is 0. The van der Waals surface area contributed by atoms with Gasteiger partial charge < -0.3 is 0 Å². The number of hydrogen-bond donors (Lipinski definition) is 1. The summed E-state index contributed by atoms with van der Waals surface area (Å²) in [6, 6.07) is 30.9. The lowest BCUT2D eigenvalue weighted by atomic mass is 10.1. The zero-order chi connectivity index (χ0) is 21.8. The van der Waals surface area contributed by atoms with Gasteiger partial charge in [-0.15, -0.1) is 0 Å². The van der Waals surface area contributed by atoms with Gasteiger partial charge in [0, 0.05) is 5.67 Å². The third-order valence-corrected chi connectivity index (χ3v) is 11.9. The highest BCUT2D eigenvalue weighted by Crippen LogP contribution is 2.27. The highest BCUT2D eigenvalue weighted by atomic mass is 32.2. The quantitative estimate of drug-likeness (QED) is 0.597. The van der Waals surface area contributed by atoms with Crippen LogP contribution < -0.4 is 15.1 Å². The second kappa shape index (κ2) is 9.09. The average Bonchev–Trinajstić information content (AvgIpc) is 2.77. The molecule has 0 radical (unpaired) electrons. The highest BCUT2D eigenvalue weighted by molar-refractivity contribution is 7.84. The van der Waals surface area contributed by atoms with E-state index >= 15 is 0 Å². The molecule has 0 heterocycles. The molecule has 0 aliphatic carbocycles. The molecule has 1 unspecified atom stereocenters. The molecule has 5 heteroatoms. The Kier molecular flexibility index (Phi) is 6.72. The van der Waals surface area contributed by atoms with Crippen molar-refractivity contribution < 1.29 is 4.21 Å². The van der Waals surface area contributed by atoms with E-state index in [2.05, 4.69) is 65.9 Å². The molecule has 0 bridgehead atoms. The number of nitrogens with zero attached hydrogens (tertiary/aromatic N) is 1. The fraction of sp³-hybridized carbons (Fsp3) is 0.240. The van der Waals surface area contributed by atoms with Crippen LogP contribution >= 0.6 is 0 Å². The smallest absolute Gasteiger partial charge is 0.138 e. The van der Waals surface area contributed by atoms with Crippen LogP contribution in [0.1, 0.15) is 37.6 Å². The first-order chi connectivity index (χ1) is 14.3. The third kappa shape index (κ3) is 4.62. The molecule has 154 valence electrons. The van der Waals surface area contributed by atoms with Crippen molar-refractivity contribution in [3.05, 3.63) is 96.1 Å². The predicted molar refractivity (Wildman–Crippen MR) is 129 cm³/mol. The molecule has 3 rings (SSSR count). The highest BCUT2D eigenvalue weighted by Gasteiger charge is 2.43. The first kappa shape index (κ1) is 22.2. The summed E-state index contributed by atoms with van der Waals surface area (Å²) in [5.41, 5.74) is 1.54. The molecule has 3 aromatic rings. The normalized spacial score (nSPS) is 14.0. The van der Waals surface area contributed by atoms with Crippen LogP contribution in [0.25, 0.3) is 0 Å². The van der Waals surface area contributed by atoms with Crippen molar-refractivity contribution in [2.45, 2.75) is 37.7 Å². The second-order valence-corrected chi connectivity index (χ2v) is 14.7. The van der Waals surface area contributed by atoms with E-state index in [9.17, 15) is 9.47 Å². The minimum absolute atomic E-state index is 0.130. The van der Waals surface area contributed by atoms with Crippen molar-refractivity contribution in [3.63, 3.8) is 0 Å². The lowest BCUT2D eigenvalue weighted by molar-refractivity contribution is 0.631. The Morgan fingerprint density at radius 3 is 1.73 bits per heavy atom. The molecule has 30 heavy (non-hydrogen) atoms. The maximum absolute atomic E-state index is 13.3. The number of hydrogen-bond acceptors (Lipinski definition) is 2. The topological polar surface area (TPSA) is 52.9 Å². The molecule has 3 nitrogen and oxygen atoms in total. The van der Waals surface area contributed by atoms with Gasteiger partial charge in [-0.3, -0.25) is 0 Å². The number of benzene rings is 3. The van der Waals surface area contributed by atoms with Gasteiger partial charge in [0.2, 0.25) is 0 Å². The van der Waals surface area contributed by atoms with Crippen LogP contribution in [0, 0.1) is 11.3 Å². The lowest BCUT2D eigenvalue weighted by Gasteiger charge is -2.39. The zero-order valence-corrected chi connectivity index (χ0v) is 19.7. The van der Waals surface area contributed by atoms with Crippen molar-refractivity contribution in [1.29, 1.82) is 5.26 Å². The third-order valence-electron chi connectivity index (χ3n) is 5.48. The molecule has 0 aliphatic heterocycles. The summed E-state index contributed by atoms with van der Waals surface area (Å²) in [5, 5.41) is 11.8. The Labute approximate surface area is 183 Å². The number of nitrogens with one attached hydrogen (secondary N) is 1. The predicted octanol–water partition coefficient (Wildman–Crippen LogP) is 4.08. The molecule has 0 amide bonds. The minimum atomic E-state index is -2.43. The molecule has 3 aromatic carbocycles. The van der Waals surface area contributed by atoms with E-state index in [1.54, 1.807) is 0 Å². The van der Waals surface area contributed by atoms with Crippen molar-refractivity contribution >= 4 is 29.4 Å². The van der Waals surface area contributed by atoms with Crippen LogP contribution in [0.4, 0.5) is 0 Å². The van der Waals surface area contributed by atoms with Crippen LogP contribution in [0.2, 0.25) is 6.55 Å². The zero-order valence-electron chi connectivity index (χ0n) is 17.9. The second-order valence-electron chi connectivity index (χ2n) is 8.60. The first-order valence-corrected chi connectivity index (χ1v) is 13.8. The van der Waals surface area contributed by atoms with Gasteiger partial charge in [0.1, 0.15) is 8.07 Å². The molecule has 0 saturated carbocycles. The van der Waals surface area contributed by atoms with Crippen LogP contribution in [-0.4, -0.2) is 17.0 Å². The summed E-state index contributed by atoms with van der Waals surface area (Å²) >= 11 is 0. The van der Waals surface area contributed by atoms with Crippen LogP contribution in [0.5, 0.6) is 0 Å². The van der Waals surface area contributed by atoms with Crippen molar-refractivity contribution in [2.24, 2.45) is 0 Å². The van der Waals surface area contributed by atoms with E-state index in [1.165, 1.54) is 10.4 Å². The summed E-state index contributed by atoms with van der Waals surface area (Å²) < 4.78 is 16.4. The summed E-state index contributed by atoms with van der Waals surface area (Å²) in [4.78, 5) is 0. The Morgan fingerprint density at radius 2 is 1.33 bits per heavy atom. The van der Waals surface area contributed by atoms with Gasteiger partial charge in [0.25, 0.3) is 0 Å². The summed E-state index contributed by atoms with van der Waals surface area (Å²) in [5.74, 6) is 0. The van der Waals surface area contributed by atoms with E-state index in [1.807, 2.05) is 57.2 Å². The van der Waals surface area contributed by atoms with Gasteiger partial charge in [0.15, 0.2) is 0 Å². The fourth-order valence-corrected chi connectivity index (χ4v) is 9.22. The number of nitriles is 1. The lowest BCUT2D eigenvalue weighted by Crippen LogP contribution is -2.64. The Balaban J connectivity index is 2.23. The first-order valence-electron chi connectivity index (χ1n) is 10.1. The maximum atomic E-state index is 13.3. The molecule has 0 fully saturated rings. The van der Waals surface area contributed by atoms with Crippen LogP contribution in [0.3, 0.4) is 0 Å². The molecular formula is C25H28N2OSSi. The van der Waals surface area contributed by atoms with E-state index in [0.717, 1.165) is 5.56 Å². The van der Waals surface area contributed by atoms with E-state index in [0.29, 0.717) is 5.56 Å².